The van der Waals surface area contributed by atoms with Crippen molar-refractivity contribution in [2.75, 3.05) is 7.11 Å². The second-order valence-electron chi connectivity index (χ2n) is 13.2. The second kappa shape index (κ2) is 13.9. The van der Waals surface area contributed by atoms with Crippen LogP contribution in [0.5, 0.6) is 0 Å². The van der Waals surface area contributed by atoms with E-state index in [0.29, 0.717) is 23.1 Å². The Morgan fingerprint density at radius 1 is 0.940 bits per heavy atom. The van der Waals surface area contributed by atoms with Crippen molar-refractivity contribution in [3.05, 3.63) is 104 Å². The van der Waals surface area contributed by atoms with E-state index in [4.69, 9.17) is 24.7 Å². The number of nitrogens with zero attached hydrogens (tertiary/aromatic N) is 4. The monoisotopic (exact) mass is 714 g/mol. The summed E-state index contributed by atoms with van der Waals surface area (Å²) >= 11 is 0. The molecule has 0 N–H and O–H groups in total. The van der Waals surface area contributed by atoms with E-state index in [-0.39, 0.29) is 55.9 Å². The molecular weight excluding hydrogens is 678 g/mol. The predicted molar refractivity (Wildman–Crippen MR) is 192 cm³/mol. The number of hydrogen-bond donors (Lipinski definition) is 0. The van der Waals surface area contributed by atoms with Crippen LogP contribution in [0.3, 0.4) is 0 Å². The molecule has 0 unspecified atom stereocenters. The zero-order valence-corrected chi connectivity index (χ0v) is 32.4. The van der Waals surface area contributed by atoms with Gasteiger partial charge in [-0.3, -0.25) is 19.4 Å². The van der Waals surface area contributed by atoms with Crippen molar-refractivity contribution in [1.29, 1.82) is 0 Å². The summed E-state index contributed by atoms with van der Waals surface area (Å²) < 4.78 is 4.99. The van der Waals surface area contributed by atoms with Crippen LogP contribution in [0.25, 0.3) is 45.4 Å². The van der Waals surface area contributed by atoms with Gasteiger partial charge >= 0.3 is 25.4 Å². The number of ketones is 1. The van der Waals surface area contributed by atoms with Gasteiger partial charge in [0.2, 0.25) is 0 Å². The molecule has 248 valence electrons. The van der Waals surface area contributed by atoms with Crippen LogP contribution in [-0.2, 0) is 35.4 Å². The first-order valence-electron chi connectivity index (χ1n) is 16.8. The molecule has 3 aromatic heterocycles. The quantitative estimate of drug-likeness (QED) is 0.107. The maximum Gasteiger partial charge on any atom is 2.00 e. The van der Waals surface area contributed by atoms with Crippen molar-refractivity contribution < 1.29 is 38.6 Å². The molecule has 8 bridgehead atoms. The molecule has 0 fully saturated rings. The Morgan fingerprint density at radius 3 is 2.34 bits per heavy atom. The van der Waals surface area contributed by atoms with Crippen LogP contribution in [0.2, 0.25) is 0 Å². The number of carbonyl (C=O) groups is 3. The maximum atomic E-state index is 13.6. The molecule has 9 heteroatoms. The molecule has 0 spiro atoms. The van der Waals surface area contributed by atoms with Gasteiger partial charge in [0.1, 0.15) is 6.29 Å². The number of hydrogen-bond acceptors (Lipinski definition) is 6. The van der Waals surface area contributed by atoms with Gasteiger partial charge in [-0.15, -0.1) is 22.1 Å². The van der Waals surface area contributed by atoms with Crippen LogP contribution >= 0.6 is 0 Å². The van der Waals surface area contributed by atoms with E-state index in [1.54, 1.807) is 12.1 Å². The van der Waals surface area contributed by atoms with Crippen molar-refractivity contribution in [3.8, 4) is 0 Å². The van der Waals surface area contributed by atoms with Crippen molar-refractivity contribution in [3.63, 3.8) is 0 Å². The fourth-order valence-corrected chi connectivity index (χ4v) is 7.46. The Kier molecular flexibility index (Phi) is 9.74. The molecule has 1 aromatic carbocycles. The minimum absolute atomic E-state index is 0. The molecule has 0 saturated carbocycles. The van der Waals surface area contributed by atoms with Gasteiger partial charge in [0.05, 0.1) is 18.5 Å². The molecule has 2 atom stereocenters. The fourth-order valence-electron chi connectivity index (χ4n) is 7.46. The topological polar surface area (TPSA) is 114 Å². The zero-order chi connectivity index (χ0) is 34.6. The SMILES string of the molecule is CCC1=C(C)c2cc3[n-]c(cc4nc(c5c6[n-]c(cc1n2)c(C)c6C(=O)C5)[C@@H](CCC(=O)OC)[C@@H]4C)c(C)c3/C=C\c1ccc(C=O)cc1.[Zn+2]. The number of esters is 1. The third kappa shape index (κ3) is 6.02. The third-order valence-corrected chi connectivity index (χ3v) is 10.4. The molecule has 50 heavy (non-hydrogen) atoms. The average molecular weight is 716 g/mol. The zero-order valence-electron chi connectivity index (χ0n) is 29.4. The van der Waals surface area contributed by atoms with E-state index in [0.717, 1.165) is 91.0 Å². The van der Waals surface area contributed by atoms with Crippen LogP contribution in [0.1, 0.15) is 123 Å². The molecule has 7 rings (SSSR count). The third-order valence-electron chi connectivity index (χ3n) is 10.4. The minimum atomic E-state index is -0.274. The fraction of sp³-hybridized carbons (Fsp3) is 0.293. The van der Waals surface area contributed by atoms with Gasteiger partial charge < -0.3 is 14.7 Å². The Hall–Kier alpha value is -4.75. The molecule has 3 aliphatic rings. The van der Waals surface area contributed by atoms with Crippen molar-refractivity contribution in [2.24, 2.45) is 0 Å². The van der Waals surface area contributed by atoms with Gasteiger partial charge in [-0.1, -0.05) is 79.6 Å². The molecule has 4 aromatic rings. The van der Waals surface area contributed by atoms with Gasteiger partial charge in [-0.25, -0.2) is 4.98 Å². The van der Waals surface area contributed by atoms with E-state index in [1.807, 2.05) is 37.3 Å². The number of carbonyl (C=O) groups excluding carboxylic acids is 3. The van der Waals surface area contributed by atoms with Crippen molar-refractivity contribution in [1.82, 2.24) is 19.9 Å². The number of aryl methyl sites for hydroxylation is 2. The first-order chi connectivity index (χ1) is 23.6. The van der Waals surface area contributed by atoms with Crippen LogP contribution in [0.15, 0.2) is 42.5 Å². The summed E-state index contributed by atoms with van der Waals surface area (Å²) in [6.45, 7) is 10.4. The Bertz CT molecular complexity index is 2290. The second-order valence-corrected chi connectivity index (χ2v) is 13.2. The summed E-state index contributed by atoms with van der Waals surface area (Å²) in [5, 5.41) is 0. The summed E-state index contributed by atoms with van der Waals surface area (Å²) in [5.41, 5.74) is 14.5. The number of benzene rings is 1. The van der Waals surface area contributed by atoms with Crippen molar-refractivity contribution in [2.45, 2.75) is 72.1 Å². The van der Waals surface area contributed by atoms with E-state index in [9.17, 15) is 14.4 Å². The standard InChI is InChI=1S/C41H39N4O4.Zn/c1-7-27-21(2)32-18-36-28(13-12-25-8-10-26(20-46)11-9-25)22(3)31(43-36)17-33-23(4)29(14-15-38(48)49-6)40(44-33)30-16-37(47)39-24(5)34(45-41(30)39)19-35(27)42-32;/h8-13,17-20,23,29H,7,14-16H2,1-6H3,(H-,42,43,44,45,46,47);/q-1;+2/p-1/t23-,29-;/m0./s1. The Balaban J connectivity index is 0.00000432. The van der Waals surface area contributed by atoms with Crippen LogP contribution in [0.4, 0.5) is 0 Å². The van der Waals surface area contributed by atoms with E-state index >= 15 is 0 Å². The summed E-state index contributed by atoms with van der Waals surface area (Å²) in [5.74, 6) is -0.357. The predicted octanol–water partition coefficient (Wildman–Crippen LogP) is 8.09. The van der Waals surface area contributed by atoms with Gasteiger partial charge in [0.15, 0.2) is 5.78 Å². The summed E-state index contributed by atoms with van der Waals surface area (Å²) in [6, 6.07) is 13.6. The minimum Gasteiger partial charge on any atom is -0.657 e. The van der Waals surface area contributed by atoms with Crippen molar-refractivity contribution >= 4 is 63.4 Å². The summed E-state index contributed by atoms with van der Waals surface area (Å²) in [4.78, 5) is 57.6. The van der Waals surface area contributed by atoms with E-state index < -0.39 is 0 Å². The van der Waals surface area contributed by atoms with Gasteiger partial charge in [-0.2, -0.15) is 0 Å². The van der Waals surface area contributed by atoms with Gasteiger partial charge in [-0.05, 0) is 61.4 Å². The smallest absolute Gasteiger partial charge is 0.657 e. The summed E-state index contributed by atoms with van der Waals surface area (Å²) in [7, 11) is 1.40. The Morgan fingerprint density at radius 2 is 1.64 bits per heavy atom. The molecule has 1 aliphatic carbocycles. The first kappa shape index (κ1) is 35.1. The number of fused-ring (bicyclic) bond motifs is 8. The number of Topliss-reactive ketones (excluding diaryl/α,β-unsaturated/α-hetero) is 1. The number of rotatable bonds is 7. The number of methoxy groups -OCH3 is 1. The molecule has 2 aliphatic heterocycles. The van der Waals surface area contributed by atoms with E-state index in [2.05, 4.69) is 39.8 Å². The van der Waals surface area contributed by atoms with Gasteiger partial charge in [0.25, 0.3) is 0 Å². The number of aldehydes is 1. The largest absolute Gasteiger partial charge is 2.00 e. The maximum absolute atomic E-state index is 13.6. The summed E-state index contributed by atoms with van der Waals surface area (Å²) in [6.07, 6.45) is 6.75. The van der Waals surface area contributed by atoms with E-state index in [1.165, 1.54) is 7.11 Å². The number of ether oxygens (including phenoxy) is 1. The van der Waals surface area contributed by atoms with Gasteiger partial charge in [0, 0.05) is 47.2 Å². The first-order valence-corrected chi connectivity index (χ1v) is 16.8. The molecular formula is C41H38N4O4Zn. The Labute approximate surface area is 304 Å². The van der Waals surface area contributed by atoms with Crippen LogP contribution < -0.4 is 9.97 Å². The normalized spacial score (nSPS) is 16.6. The molecule has 0 saturated heterocycles. The average Bonchev–Trinajstić information content (AvgIpc) is 3.85. The van der Waals surface area contributed by atoms with Crippen LogP contribution in [-0.4, -0.2) is 35.1 Å². The van der Waals surface area contributed by atoms with Crippen LogP contribution in [0, 0.1) is 13.8 Å². The number of aromatic nitrogens is 4. The molecule has 0 amide bonds. The molecule has 0 radical (unpaired) electrons. The molecule has 5 heterocycles. The number of allylic oxidation sites excluding steroid dienone is 2. The molecule has 8 nitrogen and oxygen atoms in total.